The van der Waals surface area contributed by atoms with Crippen LogP contribution in [0.15, 0.2) is 28.9 Å². The molecule has 0 saturated carbocycles. The number of fused-ring (bicyclic) bond motifs is 1. The first-order valence-corrected chi connectivity index (χ1v) is 8.25. The number of nitrogens with two attached hydrogens (primary N) is 1. The van der Waals surface area contributed by atoms with E-state index in [1.807, 2.05) is 12.1 Å². The Morgan fingerprint density at radius 1 is 1.29 bits per heavy atom. The monoisotopic (exact) mass is 350 g/mol. The quantitative estimate of drug-likeness (QED) is 0.747. The minimum Gasteiger partial charge on any atom is -0.396 e. The first-order valence-electron chi connectivity index (χ1n) is 7.45. The molecule has 0 aliphatic heterocycles. The van der Waals surface area contributed by atoms with Gasteiger partial charge in [-0.15, -0.1) is 0 Å². The number of hydrogen-bond acceptors (Lipinski definition) is 4. The van der Waals surface area contributed by atoms with E-state index in [0.29, 0.717) is 5.69 Å². The molecule has 4 nitrogen and oxygen atoms in total. The van der Waals surface area contributed by atoms with Crippen molar-refractivity contribution < 1.29 is 0 Å². The van der Waals surface area contributed by atoms with E-state index >= 15 is 0 Å². The third-order valence-electron chi connectivity index (χ3n) is 3.71. The molecule has 0 unspecified atom stereocenters. The minimum absolute atomic E-state index is 0.698. The Hall–Kier alpha value is -1.33. The van der Waals surface area contributed by atoms with E-state index in [1.165, 1.54) is 0 Å². The van der Waals surface area contributed by atoms with Gasteiger partial charge in [0.15, 0.2) is 0 Å². The Bertz CT molecular complexity index is 591. The summed E-state index contributed by atoms with van der Waals surface area (Å²) in [6.07, 6.45) is 2.82. The molecule has 0 aliphatic rings. The molecular weight excluding hydrogens is 328 g/mol. The second kappa shape index (κ2) is 7.61. The van der Waals surface area contributed by atoms with Crippen molar-refractivity contribution in [2.24, 2.45) is 0 Å². The van der Waals surface area contributed by atoms with Crippen LogP contribution in [0, 0.1) is 0 Å². The van der Waals surface area contributed by atoms with Gasteiger partial charge in [0.05, 0.1) is 23.1 Å². The molecule has 0 saturated heterocycles. The van der Waals surface area contributed by atoms with Gasteiger partial charge in [0.25, 0.3) is 0 Å². The second-order valence-electron chi connectivity index (χ2n) is 5.06. The lowest BCUT2D eigenvalue weighted by molar-refractivity contribution is 0.303. The average Bonchev–Trinajstić information content (AvgIpc) is 2.49. The molecular formula is C16H23BrN4. The molecule has 0 spiro atoms. The van der Waals surface area contributed by atoms with Gasteiger partial charge in [0.1, 0.15) is 0 Å². The van der Waals surface area contributed by atoms with Crippen molar-refractivity contribution in [3.8, 4) is 0 Å². The number of anilines is 2. The highest BCUT2D eigenvalue weighted by molar-refractivity contribution is 9.10. The number of nitrogens with zero attached hydrogens (tertiary/aromatic N) is 2. The van der Waals surface area contributed by atoms with Crippen LogP contribution in [0.1, 0.15) is 20.3 Å². The second-order valence-corrected chi connectivity index (χ2v) is 5.97. The normalized spacial score (nSPS) is 11.2. The van der Waals surface area contributed by atoms with E-state index < -0.39 is 0 Å². The van der Waals surface area contributed by atoms with Gasteiger partial charge >= 0.3 is 0 Å². The van der Waals surface area contributed by atoms with Crippen molar-refractivity contribution >= 4 is 38.2 Å². The zero-order valence-corrected chi connectivity index (χ0v) is 14.3. The third-order valence-corrected chi connectivity index (χ3v) is 4.20. The summed E-state index contributed by atoms with van der Waals surface area (Å²) in [6.45, 7) is 8.61. The summed E-state index contributed by atoms with van der Waals surface area (Å²) in [4.78, 5) is 6.79. The molecule has 0 fully saturated rings. The van der Waals surface area contributed by atoms with Gasteiger partial charge in [-0.25, -0.2) is 0 Å². The number of hydrogen-bond donors (Lipinski definition) is 2. The minimum atomic E-state index is 0.698. The van der Waals surface area contributed by atoms with Crippen molar-refractivity contribution in [1.29, 1.82) is 0 Å². The summed E-state index contributed by atoms with van der Waals surface area (Å²) < 4.78 is 1.04. The van der Waals surface area contributed by atoms with E-state index in [0.717, 1.165) is 53.7 Å². The van der Waals surface area contributed by atoms with E-state index in [1.54, 1.807) is 6.20 Å². The average molecular weight is 351 g/mol. The molecule has 1 aromatic heterocycles. The molecule has 2 rings (SSSR count). The van der Waals surface area contributed by atoms with E-state index in [4.69, 9.17) is 5.73 Å². The molecule has 0 atom stereocenters. The molecule has 0 bridgehead atoms. The summed E-state index contributed by atoms with van der Waals surface area (Å²) in [7, 11) is 0. The summed E-state index contributed by atoms with van der Waals surface area (Å²) >= 11 is 3.51. The van der Waals surface area contributed by atoms with Crippen LogP contribution in [-0.2, 0) is 0 Å². The zero-order valence-electron chi connectivity index (χ0n) is 12.7. The van der Waals surface area contributed by atoms with Crippen LogP contribution in [-0.4, -0.2) is 36.1 Å². The van der Waals surface area contributed by atoms with E-state index in [2.05, 4.69) is 51.0 Å². The maximum Gasteiger partial charge on any atom is 0.0743 e. The van der Waals surface area contributed by atoms with Crippen LogP contribution in [0.4, 0.5) is 11.4 Å². The van der Waals surface area contributed by atoms with Crippen molar-refractivity contribution in [2.45, 2.75) is 20.3 Å². The van der Waals surface area contributed by atoms with E-state index in [9.17, 15) is 0 Å². The molecule has 1 aromatic carbocycles. The van der Waals surface area contributed by atoms with Gasteiger partial charge in [-0.3, -0.25) is 4.98 Å². The first kappa shape index (κ1) is 16.0. The highest BCUT2D eigenvalue weighted by Crippen LogP contribution is 2.29. The molecule has 5 heteroatoms. The summed E-state index contributed by atoms with van der Waals surface area (Å²) in [5.41, 5.74) is 8.72. The van der Waals surface area contributed by atoms with E-state index in [-0.39, 0.29) is 0 Å². The fourth-order valence-electron chi connectivity index (χ4n) is 2.43. The molecule has 114 valence electrons. The molecule has 0 radical (unpaired) electrons. The topological polar surface area (TPSA) is 54.2 Å². The third kappa shape index (κ3) is 4.08. The number of pyridine rings is 1. The molecule has 21 heavy (non-hydrogen) atoms. The predicted octanol–water partition coefficient (Wildman–Crippen LogP) is 3.72. The number of nitrogen functional groups attached to an aromatic ring is 1. The van der Waals surface area contributed by atoms with Crippen LogP contribution < -0.4 is 11.1 Å². The van der Waals surface area contributed by atoms with Crippen LogP contribution in [0.3, 0.4) is 0 Å². The lowest BCUT2D eigenvalue weighted by Gasteiger charge is -2.18. The number of benzene rings is 1. The van der Waals surface area contributed by atoms with Gasteiger partial charge in [-0.05, 0) is 44.3 Å². The van der Waals surface area contributed by atoms with Gasteiger partial charge in [0, 0.05) is 16.4 Å². The standard InChI is InChI=1S/C16H23BrN4/c1-3-21(4-2)9-5-8-19-16-13-10-12(17)6-7-15(13)20-11-14(16)18/h6-7,10-11H,3-5,8-9,18H2,1-2H3,(H,19,20). The van der Waals surface area contributed by atoms with Crippen LogP contribution >= 0.6 is 15.9 Å². The highest BCUT2D eigenvalue weighted by Gasteiger charge is 2.07. The summed E-state index contributed by atoms with van der Waals surface area (Å²) in [5.74, 6) is 0. The van der Waals surface area contributed by atoms with Crippen molar-refractivity contribution in [1.82, 2.24) is 9.88 Å². The lowest BCUT2D eigenvalue weighted by atomic mass is 10.1. The van der Waals surface area contributed by atoms with Gasteiger partial charge in [0.2, 0.25) is 0 Å². The Morgan fingerprint density at radius 3 is 2.76 bits per heavy atom. The summed E-state index contributed by atoms with van der Waals surface area (Å²) in [5, 5.41) is 4.54. The fourth-order valence-corrected chi connectivity index (χ4v) is 2.79. The summed E-state index contributed by atoms with van der Waals surface area (Å²) in [6, 6.07) is 6.06. The maximum absolute atomic E-state index is 6.08. The van der Waals surface area contributed by atoms with Crippen LogP contribution in [0.2, 0.25) is 0 Å². The number of halogens is 1. The molecule has 2 aromatic rings. The Labute approximate surface area is 134 Å². The maximum atomic E-state index is 6.08. The molecule has 0 aliphatic carbocycles. The van der Waals surface area contributed by atoms with Gasteiger partial charge in [-0.1, -0.05) is 29.8 Å². The molecule has 0 amide bonds. The van der Waals surface area contributed by atoms with Crippen LogP contribution in [0.5, 0.6) is 0 Å². The predicted molar refractivity (Wildman–Crippen MR) is 94.8 cm³/mol. The Kier molecular flexibility index (Phi) is 5.82. The highest BCUT2D eigenvalue weighted by atomic mass is 79.9. The van der Waals surface area contributed by atoms with Crippen molar-refractivity contribution in [3.63, 3.8) is 0 Å². The Morgan fingerprint density at radius 2 is 2.05 bits per heavy atom. The SMILES string of the molecule is CCN(CC)CCCNc1c(N)cnc2ccc(Br)cc12. The first-order chi connectivity index (χ1) is 10.2. The van der Waals surface area contributed by atoms with Crippen molar-refractivity contribution in [3.05, 3.63) is 28.9 Å². The lowest BCUT2D eigenvalue weighted by Crippen LogP contribution is -2.25. The Balaban J connectivity index is 2.07. The smallest absolute Gasteiger partial charge is 0.0743 e. The van der Waals surface area contributed by atoms with Crippen LogP contribution in [0.25, 0.3) is 10.9 Å². The molecule has 3 N–H and O–H groups in total. The number of aromatic nitrogens is 1. The zero-order chi connectivity index (χ0) is 15.2. The molecule has 1 heterocycles. The fraction of sp³-hybridized carbons (Fsp3) is 0.438. The van der Waals surface area contributed by atoms with Crippen molar-refractivity contribution in [2.75, 3.05) is 37.2 Å². The van der Waals surface area contributed by atoms with Gasteiger partial charge in [-0.2, -0.15) is 0 Å². The number of nitrogens with one attached hydrogen (secondary N) is 1. The largest absolute Gasteiger partial charge is 0.396 e. The number of rotatable bonds is 7. The van der Waals surface area contributed by atoms with Gasteiger partial charge < -0.3 is 16.0 Å².